The van der Waals surface area contributed by atoms with E-state index in [9.17, 15) is 27.6 Å². The van der Waals surface area contributed by atoms with Crippen LogP contribution in [0.15, 0.2) is 60.7 Å². The zero-order valence-electron chi connectivity index (χ0n) is 27.5. The van der Waals surface area contributed by atoms with Crippen molar-refractivity contribution >= 4 is 84.4 Å². The number of fused-ring (bicyclic) bond motifs is 1. The summed E-state index contributed by atoms with van der Waals surface area (Å²) in [6.07, 6.45) is 1.21. The van der Waals surface area contributed by atoms with Crippen LogP contribution in [0.4, 0.5) is 10.1 Å². The first kappa shape index (κ1) is 36.7. The molecule has 2 aliphatic rings. The average Bonchev–Trinajstić information content (AvgIpc) is 3.81. The second kappa shape index (κ2) is 14.5. The van der Waals surface area contributed by atoms with E-state index in [4.69, 9.17) is 17.3 Å². The van der Waals surface area contributed by atoms with Crippen molar-refractivity contribution in [1.29, 1.82) is 0 Å². The summed E-state index contributed by atoms with van der Waals surface area (Å²) in [5, 5.41) is 6.92. The number of anilines is 1. The molecule has 13 nitrogen and oxygen atoms in total. The number of amides is 4. The quantitative estimate of drug-likeness (QED) is 0.115. The van der Waals surface area contributed by atoms with E-state index in [1.807, 2.05) is 19.0 Å². The number of rotatable bonds is 11. The van der Waals surface area contributed by atoms with Crippen LogP contribution < -0.4 is 15.8 Å². The third-order valence-corrected chi connectivity index (χ3v) is 12.6. The van der Waals surface area contributed by atoms with Gasteiger partial charge in [0.05, 0.1) is 20.5 Å². The maximum atomic E-state index is 15.8. The number of carbonyl (C=O) groups excluding carboxylic acids is 4. The lowest BCUT2D eigenvalue weighted by molar-refractivity contribution is -0.137. The van der Waals surface area contributed by atoms with Crippen molar-refractivity contribution in [2.45, 2.75) is 41.1 Å². The fourth-order valence-electron chi connectivity index (χ4n) is 6.30. The van der Waals surface area contributed by atoms with Gasteiger partial charge in [0.1, 0.15) is 12.6 Å². The average molecular weight is 850 g/mol. The number of sulfonamides is 1. The minimum absolute atomic E-state index is 0.0337. The Hall–Kier alpha value is -4.13. The van der Waals surface area contributed by atoms with E-state index >= 15 is 4.39 Å². The van der Waals surface area contributed by atoms with Crippen LogP contribution >= 0.6 is 34.2 Å². The number of carbonyl (C=O) groups is 4. The van der Waals surface area contributed by atoms with Crippen LogP contribution in [0.5, 0.6) is 0 Å². The van der Waals surface area contributed by atoms with Crippen molar-refractivity contribution in [3.05, 3.63) is 82.8 Å². The molecular formula is C34H34ClFIN7O6S. The van der Waals surface area contributed by atoms with E-state index in [0.29, 0.717) is 30.0 Å². The molecule has 17 heteroatoms. The van der Waals surface area contributed by atoms with Crippen molar-refractivity contribution in [3.8, 4) is 11.1 Å². The second-order valence-electron chi connectivity index (χ2n) is 12.9. The predicted molar refractivity (Wildman–Crippen MR) is 198 cm³/mol. The summed E-state index contributed by atoms with van der Waals surface area (Å²) in [4.78, 5) is 56.7. The Morgan fingerprint density at radius 1 is 1.06 bits per heavy atom. The van der Waals surface area contributed by atoms with Crippen LogP contribution in [0.1, 0.15) is 40.1 Å². The van der Waals surface area contributed by atoms with Gasteiger partial charge in [0.2, 0.25) is 21.8 Å². The summed E-state index contributed by atoms with van der Waals surface area (Å²) in [5.41, 5.74) is 6.16. The molecule has 1 aliphatic carbocycles. The smallest absolute Gasteiger partial charge is 0.269 e. The zero-order valence-corrected chi connectivity index (χ0v) is 31.2. The standard InChI is InChI=1S/C34H34ClFIN7O6S/c1-42(2)16-19-15-27(34(48)39-25-9-5-7-22(29(25)36)21-6-3-4-8-24(21)35)44(31(19)37)28(45)17-43-26-14-18(10-13-23(26)30(40-43)32(38)46)33(47)41-51(49,50)20-11-12-20/h3-10,13-14,19-20,27,31H,11-12,15-17H2,1-2H3,(H2,38,46)(H,39,48)(H,41,47)/t19-,27+,31+/m1/s1. The van der Waals surface area contributed by atoms with Gasteiger partial charge in [0, 0.05) is 39.6 Å². The number of nitrogens with zero attached hydrogens (tertiary/aromatic N) is 4. The number of nitrogens with one attached hydrogen (secondary N) is 2. The molecule has 3 aromatic carbocycles. The lowest BCUT2D eigenvalue weighted by Crippen LogP contribution is -2.47. The van der Waals surface area contributed by atoms with Gasteiger partial charge in [0.25, 0.3) is 11.8 Å². The topological polar surface area (TPSA) is 177 Å². The first-order valence-electron chi connectivity index (χ1n) is 16.0. The Morgan fingerprint density at radius 2 is 1.76 bits per heavy atom. The van der Waals surface area contributed by atoms with Gasteiger partial charge >= 0.3 is 0 Å². The Bertz CT molecular complexity index is 2180. The van der Waals surface area contributed by atoms with Crippen LogP contribution in [-0.2, 0) is 26.2 Å². The highest BCUT2D eigenvalue weighted by Crippen LogP contribution is 2.37. The molecule has 51 heavy (non-hydrogen) atoms. The number of primary amides is 1. The monoisotopic (exact) mass is 849 g/mol. The van der Waals surface area contributed by atoms with Crippen LogP contribution in [0.2, 0.25) is 5.02 Å². The van der Waals surface area contributed by atoms with Crippen molar-refractivity contribution in [2.75, 3.05) is 26.0 Å². The van der Waals surface area contributed by atoms with Gasteiger partial charge in [-0.3, -0.25) is 23.9 Å². The lowest BCUT2D eigenvalue weighted by atomic mass is 10.0. The van der Waals surface area contributed by atoms with E-state index < -0.39 is 61.4 Å². The summed E-state index contributed by atoms with van der Waals surface area (Å²) in [7, 11) is -0.0863. The van der Waals surface area contributed by atoms with Gasteiger partial charge in [-0.15, -0.1) is 0 Å². The van der Waals surface area contributed by atoms with E-state index in [-0.39, 0.29) is 45.7 Å². The number of likely N-dealkylation sites (tertiary alicyclic amines) is 1. The van der Waals surface area contributed by atoms with Crippen LogP contribution in [0.25, 0.3) is 22.0 Å². The molecule has 1 saturated heterocycles. The Balaban J connectivity index is 1.30. The molecule has 1 aliphatic heterocycles. The number of hydrogen-bond donors (Lipinski definition) is 3. The first-order valence-corrected chi connectivity index (χ1v) is 19.1. The highest BCUT2D eigenvalue weighted by atomic mass is 127. The summed E-state index contributed by atoms with van der Waals surface area (Å²) in [6.45, 7) is 0.0970. The van der Waals surface area contributed by atoms with Crippen molar-refractivity contribution < 1.29 is 32.0 Å². The number of aromatic nitrogens is 2. The number of alkyl halides is 1. The van der Waals surface area contributed by atoms with Gasteiger partial charge in [-0.25, -0.2) is 17.5 Å². The summed E-state index contributed by atoms with van der Waals surface area (Å²) in [5.74, 6) is -3.70. The van der Waals surface area contributed by atoms with Gasteiger partial charge < -0.3 is 20.9 Å². The number of nitrogens with two attached hydrogens (primary N) is 1. The molecule has 4 amide bonds. The third kappa shape index (κ3) is 7.59. The lowest BCUT2D eigenvalue weighted by Gasteiger charge is -2.28. The van der Waals surface area contributed by atoms with E-state index in [2.05, 4.69) is 37.7 Å². The van der Waals surface area contributed by atoms with Crippen LogP contribution in [0.3, 0.4) is 0 Å². The van der Waals surface area contributed by atoms with E-state index in [1.165, 1.54) is 33.8 Å². The molecule has 0 radical (unpaired) electrons. The maximum Gasteiger partial charge on any atom is 0.269 e. The highest BCUT2D eigenvalue weighted by Gasteiger charge is 2.46. The van der Waals surface area contributed by atoms with Crippen molar-refractivity contribution in [3.63, 3.8) is 0 Å². The molecule has 4 aromatic rings. The molecule has 0 unspecified atom stereocenters. The van der Waals surface area contributed by atoms with Crippen LogP contribution in [-0.4, -0.2) is 87.6 Å². The largest absolute Gasteiger partial charge is 0.364 e. The molecule has 3 atom stereocenters. The minimum Gasteiger partial charge on any atom is -0.364 e. The number of benzene rings is 3. The van der Waals surface area contributed by atoms with Crippen molar-refractivity contribution in [1.82, 2.24) is 24.3 Å². The molecule has 4 N–H and O–H groups in total. The number of halogens is 3. The van der Waals surface area contributed by atoms with Crippen molar-refractivity contribution in [2.24, 2.45) is 11.7 Å². The summed E-state index contributed by atoms with van der Waals surface area (Å²) in [6, 6.07) is 14.4. The molecular weight excluding hydrogens is 816 g/mol. The number of hydrogen-bond acceptors (Lipinski definition) is 8. The second-order valence-corrected chi connectivity index (χ2v) is 16.5. The maximum absolute atomic E-state index is 15.8. The van der Waals surface area contributed by atoms with Gasteiger partial charge in [0.15, 0.2) is 11.5 Å². The fourth-order valence-corrected chi connectivity index (χ4v) is 9.05. The van der Waals surface area contributed by atoms with E-state index in [1.54, 1.807) is 36.4 Å². The summed E-state index contributed by atoms with van der Waals surface area (Å²) >= 11 is 8.44. The molecule has 2 heterocycles. The molecule has 1 saturated carbocycles. The van der Waals surface area contributed by atoms with Gasteiger partial charge in [-0.2, -0.15) is 5.10 Å². The van der Waals surface area contributed by atoms with Crippen LogP contribution in [0, 0.1) is 11.7 Å². The molecule has 0 spiro atoms. The van der Waals surface area contributed by atoms with E-state index in [0.717, 1.165) is 0 Å². The first-order chi connectivity index (χ1) is 24.2. The SMILES string of the molecule is CN(C)C[C@H]1C[C@@H](C(=O)Nc2cccc(-c3ccccc3Cl)c2F)N(C(=O)Cn2nc(C(N)=O)c3ccc(C(=O)NS(=O)(=O)C4CC4)cc32)[C@@H]1I. The Labute approximate surface area is 311 Å². The molecule has 2 fully saturated rings. The molecule has 0 bridgehead atoms. The molecule has 6 rings (SSSR count). The Kier molecular flexibility index (Phi) is 10.4. The molecule has 268 valence electrons. The zero-order chi connectivity index (χ0) is 36.8. The van der Waals surface area contributed by atoms with Gasteiger partial charge in [-0.1, -0.05) is 64.5 Å². The fraction of sp³-hybridized carbons (Fsp3) is 0.324. The molecule has 1 aromatic heterocycles. The third-order valence-electron chi connectivity index (χ3n) is 8.86. The minimum atomic E-state index is -3.84. The normalized spacial score (nSPS) is 19.0. The van der Waals surface area contributed by atoms with Gasteiger partial charge in [-0.05, 0) is 63.7 Å². The summed E-state index contributed by atoms with van der Waals surface area (Å²) < 4.78 is 43.5. The highest BCUT2D eigenvalue weighted by molar-refractivity contribution is 14.1. The predicted octanol–water partition coefficient (Wildman–Crippen LogP) is 4.00. The Morgan fingerprint density at radius 3 is 2.43 bits per heavy atom.